The Hall–Kier alpha value is 0.170. The summed E-state index contributed by atoms with van der Waals surface area (Å²) in [6, 6.07) is 0. The molecule has 0 radical (unpaired) electrons. The molecule has 256 valence electrons. The lowest BCUT2D eigenvalue weighted by Gasteiger charge is -2.32. The molecule has 2 heteroatoms. The van der Waals surface area contributed by atoms with Crippen molar-refractivity contribution in [1.29, 1.82) is 0 Å². The zero-order chi connectivity index (χ0) is 32.3. The summed E-state index contributed by atoms with van der Waals surface area (Å²) in [7, 11) is 0. The second kappa shape index (κ2) is 19.2. The van der Waals surface area contributed by atoms with Crippen LogP contribution in [0.25, 0.3) is 0 Å². The fraction of sp³-hybridized carbons (Fsp3) is 0.905. The molecule has 0 heterocycles. The SMILES string of the molecule is CCC(CC(C)C)C[C@H](C)C(O)CCCCC(C)C1=CCC(CC(C)C[C@H](CC(C)C)CC2(C3=CC[C@H](I)CC3)CC2)CC1. The van der Waals surface area contributed by atoms with Crippen molar-refractivity contribution in [1.82, 2.24) is 0 Å². The van der Waals surface area contributed by atoms with E-state index < -0.39 is 0 Å². The van der Waals surface area contributed by atoms with Gasteiger partial charge in [0.1, 0.15) is 0 Å². The Kier molecular flexibility index (Phi) is 16.9. The Morgan fingerprint density at radius 2 is 1.50 bits per heavy atom. The third-order valence-electron chi connectivity index (χ3n) is 12.2. The molecule has 5 unspecified atom stereocenters. The number of unbranched alkanes of at least 4 members (excludes halogenated alkanes) is 1. The smallest absolute Gasteiger partial charge is 0.0565 e. The van der Waals surface area contributed by atoms with Crippen LogP contribution in [0.5, 0.6) is 0 Å². The average Bonchev–Trinajstić information content (AvgIpc) is 3.74. The summed E-state index contributed by atoms with van der Waals surface area (Å²) in [5, 5.41) is 10.8. The van der Waals surface area contributed by atoms with Gasteiger partial charge >= 0.3 is 0 Å². The number of aliphatic hydroxyl groups excluding tert-OH is 1. The lowest BCUT2D eigenvalue weighted by atomic mass is 9.74. The molecular weight excluding hydrogens is 647 g/mol. The van der Waals surface area contributed by atoms with Crippen molar-refractivity contribution < 1.29 is 5.11 Å². The van der Waals surface area contributed by atoms with Crippen LogP contribution in [0.1, 0.15) is 177 Å². The topological polar surface area (TPSA) is 20.2 Å². The molecule has 0 aliphatic heterocycles. The number of allylic oxidation sites excluding steroid dienone is 4. The molecule has 0 saturated heterocycles. The summed E-state index contributed by atoms with van der Waals surface area (Å²) in [5.41, 5.74) is 4.21. The van der Waals surface area contributed by atoms with Crippen molar-refractivity contribution in [2.75, 3.05) is 0 Å². The first-order valence-corrected chi connectivity index (χ1v) is 20.9. The van der Waals surface area contributed by atoms with E-state index in [1.54, 1.807) is 5.57 Å². The van der Waals surface area contributed by atoms with Crippen LogP contribution >= 0.6 is 22.6 Å². The molecular formula is C42H75IO. The lowest BCUT2D eigenvalue weighted by Crippen LogP contribution is -2.21. The highest BCUT2D eigenvalue weighted by atomic mass is 127. The van der Waals surface area contributed by atoms with E-state index >= 15 is 0 Å². The van der Waals surface area contributed by atoms with E-state index in [0.29, 0.717) is 11.3 Å². The van der Waals surface area contributed by atoms with Gasteiger partial charge in [0.25, 0.3) is 0 Å². The van der Waals surface area contributed by atoms with Crippen molar-refractivity contribution >= 4 is 22.6 Å². The van der Waals surface area contributed by atoms with Crippen LogP contribution in [-0.2, 0) is 0 Å². The second-order valence-corrected chi connectivity index (χ2v) is 19.2. The molecule has 1 fully saturated rings. The molecule has 8 atom stereocenters. The molecule has 3 aliphatic rings. The van der Waals surface area contributed by atoms with E-state index in [9.17, 15) is 5.11 Å². The quantitative estimate of drug-likeness (QED) is 0.0541. The number of hydrogen-bond donors (Lipinski definition) is 1. The molecule has 1 nitrogen and oxygen atoms in total. The first kappa shape index (κ1) is 38.6. The van der Waals surface area contributed by atoms with E-state index in [4.69, 9.17) is 0 Å². The first-order chi connectivity index (χ1) is 20.9. The van der Waals surface area contributed by atoms with Gasteiger partial charge in [0.05, 0.1) is 6.10 Å². The van der Waals surface area contributed by atoms with Gasteiger partial charge in [-0.1, -0.05) is 121 Å². The van der Waals surface area contributed by atoms with E-state index in [1.807, 2.05) is 5.57 Å². The number of hydrogen-bond acceptors (Lipinski definition) is 1. The third kappa shape index (κ3) is 13.4. The molecule has 0 aromatic carbocycles. The maximum absolute atomic E-state index is 10.8. The third-order valence-corrected chi connectivity index (χ3v) is 13.3. The minimum absolute atomic E-state index is 0.119. The van der Waals surface area contributed by atoms with Gasteiger partial charge in [-0.25, -0.2) is 0 Å². The molecule has 0 amide bonds. The van der Waals surface area contributed by atoms with Gasteiger partial charge in [-0.05, 0) is 155 Å². The normalized spacial score (nSPS) is 26.1. The largest absolute Gasteiger partial charge is 0.393 e. The molecule has 1 N–H and O–H groups in total. The van der Waals surface area contributed by atoms with Crippen LogP contribution in [0.3, 0.4) is 0 Å². The van der Waals surface area contributed by atoms with Gasteiger partial charge in [-0.15, -0.1) is 0 Å². The van der Waals surface area contributed by atoms with Crippen LogP contribution in [0.15, 0.2) is 23.3 Å². The summed E-state index contributed by atoms with van der Waals surface area (Å²) >= 11 is 2.66. The Morgan fingerprint density at radius 1 is 0.818 bits per heavy atom. The van der Waals surface area contributed by atoms with Crippen LogP contribution < -0.4 is 0 Å². The summed E-state index contributed by atoms with van der Waals surface area (Å²) in [4.78, 5) is 0. The van der Waals surface area contributed by atoms with E-state index in [1.165, 1.54) is 116 Å². The molecule has 0 aromatic rings. The van der Waals surface area contributed by atoms with Crippen LogP contribution in [0.2, 0.25) is 0 Å². The number of halogens is 1. The van der Waals surface area contributed by atoms with Crippen molar-refractivity contribution in [2.24, 2.45) is 52.8 Å². The fourth-order valence-electron chi connectivity index (χ4n) is 9.43. The fourth-order valence-corrected chi connectivity index (χ4v) is 10.00. The van der Waals surface area contributed by atoms with Crippen molar-refractivity contribution in [3.63, 3.8) is 0 Å². The monoisotopic (exact) mass is 722 g/mol. The highest BCUT2D eigenvalue weighted by Gasteiger charge is 2.47. The van der Waals surface area contributed by atoms with Gasteiger partial charge in [-0.2, -0.15) is 0 Å². The van der Waals surface area contributed by atoms with Gasteiger partial charge in [0, 0.05) is 3.92 Å². The Labute approximate surface area is 289 Å². The molecule has 0 bridgehead atoms. The summed E-state index contributed by atoms with van der Waals surface area (Å²) in [5.74, 6) is 6.18. The predicted octanol–water partition coefficient (Wildman–Crippen LogP) is 13.5. The van der Waals surface area contributed by atoms with Gasteiger partial charge < -0.3 is 5.11 Å². The van der Waals surface area contributed by atoms with Gasteiger partial charge in [0.15, 0.2) is 0 Å². The minimum atomic E-state index is -0.119. The maximum Gasteiger partial charge on any atom is 0.0565 e. The molecule has 0 spiro atoms. The zero-order valence-corrected chi connectivity index (χ0v) is 32.8. The molecule has 0 aromatic heterocycles. The second-order valence-electron chi connectivity index (χ2n) is 17.4. The molecule has 3 rings (SSSR count). The highest BCUT2D eigenvalue weighted by Crippen LogP contribution is 2.59. The highest BCUT2D eigenvalue weighted by molar-refractivity contribution is 14.1. The van der Waals surface area contributed by atoms with Gasteiger partial charge in [0.2, 0.25) is 0 Å². The van der Waals surface area contributed by atoms with Crippen molar-refractivity contribution in [3.05, 3.63) is 23.3 Å². The standard InChI is InChI=1S/C42H75IO/c1-9-35(24-30(2)3)28-34(8)41(44)13-11-10-12-33(7)38-16-14-36(15-17-38)26-32(6)27-37(25-31(4)5)29-42(22-23-42)39-18-20-40(43)21-19-39/h16,18,30-37,40-41,44H,9-15,17,19-29H2,1-8H3/t32?,33?,34-,35?,36?,37-,40-,41?/m0/s1. The summed E-state index contributed by atoms with van der Waals surface area (Å²) in [6.45, 7) is 19.2. The zero-order valence-electron chi connectivity index (χ0n) is 30.7. The predicted molar refractivity (Wildman–Crippen MR) is 203 cm³/mol. The molecule has 1 saturated carbocycles. The van der Waals surface area contributed by atoms with E-state index in [0.717, 1.165) is 51.8 Å². The maximum atomic E-state index is 10.8. The van der Waals surface area contributed by atoms with E-state index in [-0.39, 0.29) is 6.10 Å². The lowest BCUT2D eigenvalue weighted by molar-refractivity contribution is 0.0874. The van der Waals surface area contributed by atoms with Crippen LogP contribution in [-0.4, -0.2) is 15.1 Å². The van der Waals surface area contributed by atoms with Crippen molar-refractivity contribution in [2.45, 2.75) is 187 Å². The summed E-state index contributed by atoms with van der Waals surface area (Å²) < 4.78 is 0.873. The molecule has 3 aliphatic carbocycles. The minimum Gasteiger partial charge on any atom is -0.393 e. The molecule has 44 heavy (non-hydrogen) atoms. The van der Waals surface area contributed by atoms with Crippen LogP contribution in [0.4, 0.5) is 0 Å². The Balaban J connectivity index is 1.37. The number of rotatable bonds is 21. The van der Waals surface area contributed by atoms with E-state index in [2.05, 4.69) is 90.1 Å². The summed E-state index contributed by atoms with van der Waals surface area (Å²) in [6.07, 6.45) is 30.6. The van der Waals surface area contributed by atoms with Gasteiger partial charge in [-0.3, -0.25) is 0 Å². The number of aliphatic hydroxyl groups is 1. The first-order valence-electron chi connectivity index (χ1n) is 19.6. The average molecular weight is 723 g/mol. The Bertz CT molecular complexity index is 865. The Morgan fingerprint density at radius 3 is 2.07 bits per heavy atom. The van der Waals surface area contributed by atoms with Crippen molar-refractivity contribution in [3.8, 4) is 0 Å². The van der Waals surface area contributed by atoms with Crippen LogP contribution in [0, 0.1) is 52.8 Å². The number of alkyl halides is 1.